The van der Waals surface area contributed by atoms with E-state index in [1.807, 2.05) is 13.8 Å². The van der Waals surface area contributed by atoms with Crippen LogP contribution in [0.15, 0.2) is 70.9 Å². The second-order valence-electron chi connectivity index (χ2n) is 19.3. The van der Waals surface area contributed by atoms with E-state index >= 15 is 0 Å². The van der Waals surface area contributed by atoms with Crippen LogP contribution in [0.1, 0.15) is 132 Å². The van der Waals surface area contributed by atoms with Crippen molar-refractivity contribution in [3.05, 3.63) is 116 Å². The maximum atomic E-state index is 13.4. The fraction of sp³-hybridized carbons (Fsp3) is 0.296. The molecule has 6 aromatic carbocycles. The van der Waals surface area contributed by atoms with Gasteiger partial charge in [0, 0.05) is 44.2 Å². The predicted octanol–water partition coefficient (Wildman–Crippen LogP) is 8.69. The van der Waals surface area contributed by atoms with Crippen LogP contribution in [-0.2, 0) is 9.59 Å². The van der Waals surface area contributed by atoms with Crippen molar-refractivity contribution in [1.82, 2.24) is 21.5 Å². The Bertz CT molecular complexity index is 2960. The molecule has 10 N–H and O–H groups in total. The Hall–Kier alpha value is -8.14. The molecule has 6 aromatic rings. The Morgan fingerprint density at radius 1 is 0.500 bits per heavy atom. The average molecular weight is 953 g/mol. The molecule has 4 amide bonds. The van der Waals surface area contributed by atoms with Gasteiger partial charge in [-0.25, -0.2) is 10.9 Å². The lowest BCUT2D eigenvalue weighted by atomic mass is 9.83. The average Bonchev–Trinajstić information content (AvgIpc) is 3.27. The van der Waals surface area contributed by atoms with Crippen LogP contribution >= 0.6 is 0 Å². The molecular weight excluding hydrogens is 893 g/mol. The Balaban J connectivity index is 1.47. The van der Waals surface area contributed by atoms with Crippen LogP contribution in [0.3, 0.4) is 0 Å². The Morgan fingerprint density at radius 2 is 0.814 bits per heavy atom. The zero-order valence-electron chi connectivity index (χ0n) is 41.3. The number of hydrazone groups is 2. The summed E-state index contributed by atoms with van der Waals surface area (Å²) in [6.07, 6.45) is 2.11. The summed E-state index contributed by atoms with van der Waals surface area (Å²) in [6.45, 7) is 20.2. The van der Waals surface area contributed by atoms with Crippen molar-refractivity contribution in [2.45, 2.75) is 106 Å². The molecule has 0 saturated carbocycles. The molecule has 0 aliphatic heterocycles. The number of phenolic OH excluding ortho intramolecular Hbond substituents is 6. The molecule has 70 heavy (non-hydrogen) atoms. The maximum Gasteiger partial charge on any atom is 0.265 e. The second kappa shape index (κ2) is 19.5. The van der Waals surface area contributed by atoms with Gasteiger partial charge in [0.25, 0.3) is 23.6 Å². The molecule has 0 aliphatic rings. The van der Waals surface area contributed by atoms with Crippen LogP contribution in [0, 0.1) is 27.7 Å². The highest BCUT2D eigenvalue weighted by Crippen LogP contribution is 2.54. The number of fused-ring (bicyclic) bond motifs is 2. The van der Waals surface area contributed by atoms with E-state index in [0.29, 0.717) is 44.2 Å². The SMILES string of the molecule is Cc1ccc(C(=O)NC(C)(C)C(=O)N/N=C/c2c(O)c(O)c(C(C)C)c3cc(C)c(-c4c(C)cc5c(C(C)C)c(O)c(O)c(/C=N/NC(=O)C(C)(C)NC(=O)c6ccc(C)cc6)c5c4O)c(O)c23)cc1. The Morgan fingerprint density at radius 3 is 1.11 bits per heavy atom. The van der Waals surface area contributed by atoms with E-state index in [1.165, 1.54) is 27.7 Å². The van der Waals surface area contributed by atoms with Crippen molar-refractivity contribution >= 4 is 57.6 Å². The molecule has 0 spiro atoms. The highest BCUT2D eigenvalue weighted by Gasteiger charge is 2.33. The Kier molecular flexibility index (Phi) is 14.2. The number of carbonyl (C=O) groups is 4. The number of benzene rings is 6. The van der Waals surface area contributed by atoms with Crippen molar-refractivity contribution in [3.8, 4) is 45.6 Å². The van der Waals surface area contributed by atoms with Crippen molar-refractivity contribution in [2.24, 2.45) is 10.2 Å². The van der Waals surface area contributed by atoms with Gasteiger partial charge in [-0.15, -0.1) is 0 Å². The molecule has 16 nitrogen and oxygen atoms in total. The minimum atomic E-state index is -1.48. The van der Waals surface area contributed by atoms with Gasteiger partial charge in [0.05, 0.1) is 23.6 Å². The number of aryl methyl sites for hydroxylation is 4. The van der Waals surface area contributed by atoms with E-state index < -0.39 is 69.2 Å². The number of nitrogens with one attached hydrogen (secondary N) is 4. The van der Waals surface area contributed by atoms with E-state index in [0.717, 1.165) is 23.6 Å². The molecule has 0 heterocycles. The first-order valence-corrected chi connectivity index (χ1v) is 22.6. The fourth-order valence-electron chi connectivity index (χ4n) is 8.45. The molecule has 0 saturated heterocycles. The molecule has 0 aromatic heterocycles. The van der Waals surface area contributed by atoms with Crippen LogP contribution in [-0.4, -0.2) is 77.8 Å². The molecular formula is C54H60N6O10. The van der Waals surface area contributed by atoms with E-state index in [9.17, 15) is 49.8 Å². The number of carbonyl (C=O) groups excluding carboxylic acids is 4. The van der Waals surface area contributed by atoms with E-state index in [2.05, 4.69) is 31.7 Å². The zero-order chi connectivity index (χ0) is 51.9. The topological polar surface area (TPSA) is 262 Å². The molecule has 0 atom stereocenters. The highest BCUT2D eigenvalue weighted by atomic mass is 16.3. The van der Waals surface area contributed by atoms with Crippen LogP contribution in [0.4, 0.5) is 0 Å². The highest BCUT2D eigenvalue weighted by molar-refractivity contribution is 6.15. The summed E-state index contributed by atoms with van der Waals surface area (Å²) in [5.41, 5.74) is 5.60. The summed E-state index contributed by atoms with van der Waals surface area (Å²) < 4.78 is 0. The summed E-state index contributed by atoms with van der Waals surface area (Å²) in [5.74, 6) is -6.42. The lowest BCUT2D eigenvalue weighted by Gasteiger charge is -2.24. The lowest BCUT2D eigenvalue weighted by molar-refractivity contribution is -0.126. The van der Waals surface area contributed by atoms with Gasteiger partial charge in [-0.1, -0.05) is 75.2 Å². The lowest BCUT2D eigenvalue weighted by Crippen LogP contribution is -2.53. The van der Waals surface area contributed by atoms with Gasteiger partial charge in [-0.05, 0) is 113 Å². The first kappa shape index (κ1) is 51.3. The van der Waals surface area contributed by atoms with Crippen molar-refractivity contribution < 1.29 is 49.8 Å². The third kappa shape index (κ3) is 9.75. The summed E-state index contributed by atoms with van der Waals surface area (Å²) in [4.78, 5) is 52.9. The Labute approximate surface area is 405 Å². The summed E-state index contributed by atoms with van der Waals surface area (Å²) in [6, 6.07) is 16.9. The first-order chi connectivity index (χ1) is 32.7. The molecule has 0 fully saturated rings. The van der Waals surface area contributed by atoms with Gasteiger partial charge in [0.1, 0.15) is 22.6 Å². The van der Waals surface area contributed by atoms with E-state index in [4.69, 9.17) is 0 Å². The van der Waals surface area contributed by atoms with Crippen molar-refractivity contribution in [2.75, 3.05) is 0 Å². The monoisotopic (exact) mass is 952 g/mol. The minimum Gasteiger partial charge on any atom is -0.507 e. The normalized spacial score (nSPS) is 12.1. The zero-order valence-corrected chi connectivity index (χ0v) is 41.3. The molecule has 6 rings (SSSR count). The smallest absolute Gasteiger partial charge is 0.265 e. The number of hydrogen-bond acceptors (Lipinski definition) is 12. The van der Waals surface area contributed by atoms with Crippen LogP contribution in [0.5, 0.6) is 34.5 Å². The molecule has 16 heteroatoms. The van der Waals surface area contributed by atoms with Crippen molar-refractivity contribution in [1.29, 1.82) is 0 Å². The summed E-state index contributed by atoms with van der Waals surface area (Å²) in [5, 5.41) is 85.2. The molecule has 0 aliphatic carbocycles. The number of amides is 4. The van der Waals surface area contributed by atoms with Crippen LogP contribution in [0.25, 0.3) is 32.7 Å². The summed E-state index contributed by atoms with van der Waals surface area (Å²) >= 11 is 0. The number of phenols is 6. The third-order valence-electron chi connectivity index (χ3n) is 12.3. The van der Waals surface area contributed by atoms with Gasteiger partial charge in [-0.3, -0.25) is 19.2 Å². The predicted molar refractivity (Wildman–Crippen MR) is 271 cm³/mol. The van der Waals surface area contributed by atoms with Gasteiger partial charge in [0.2, 0.25) is 0 Å². The van der Waals surface area contributed by atoms with Gasteiger partial charge >= 0.3 is 0 Å². The minimum absolute atomic E-state index is 0.00133. The summed E-state index contributed by atoms with van der Waals surface area (Å²) in [7, 11) is 0. The van der Waals surface area contributed by atoms with Crippen molar-refractivity contribution in [3.63, 3.8) is 0 Å². The largest absolute Gasteiger partial charge is 0.507 e. The third-order valence-corrected chi connectivity index (χ3v) is 12.3. The number of aromatic hydroxyl groups is 6. The number of hydrogen-bond donors (Lipinski definition) is 10. The second-order valence-corrected chi connectivity index (χ2v) is 19.3. The number of rotatable bonds is 13. The van der Waals surface area contributed by atoms with Crippen LogP contribution < -0.4 is 21.5 Å². The standard InChI is InChI=1S/C54H60N6O10/c1-25(2)37-33-21-29(7)39(45(63)41(33)35(43(61)47(37)65)23-55-59-51(69)53(9,10)57-49(67)31-17-13-27(5)14-18-31)40-30(8)22-34-38(26(3)4)48(66)44(62)36(42(34)46(40)64)24-56-60-52(70)54(11,12)58-50(68)32-19-15-28(6)16-20-32/h13-26,61-66H,1-12H3,(H,57,67)(H,58,68)(H,59,69)(H,60,70)/b55-23+,56-24+. The quantitative estimate of drug-likeness (QED) is 0.0299. The molecule has 366 valence electrons. The number of nitrogens with zero attached hydrogens (tertiary/aromatic N) is 2. The maximum absolute atomic E-state index is 13.4. The molecule has 0 bridgehead atoms. The first-order valence-electron chi connectivity index (χ1n) is 22.6. The van der Waals surface area contributed by atoms with Gasteiger partial charge in [-0.2, -0.15) is 10.2 Å². The van der Waals surface area contributed by atoms with Gasteiger partial charge in [0.15, 0.2) is 23.0 Å². The molecule has 0 radical (unpaired) electrons. The van der Waals surface area contributed by atoms with E-state index in [-0.39, 0.29) is 44.9 Å². The molecule has 0 unspecified atom stereocenters. The van der Waals surface area contributed by atoms with E-state index in [1.54, 1.807) is 102 Å². The fourth-order valence-corrected chi connectivity index (χ4v) is 8.45. The van der Waals surface area contributed by atoms with Crippen LogP contribution in [0.2, 0.25) is 0 Å². The van der Waals surface area contributed by atoms with Gasteiger partial charge < -0.3 is 41.3 Å².